The molecular weight excluding hydrogens is 324 g/mol. The molecule has 0 aromatic rings. The van der Waals surface area contributed by atoms with Crippen LogP contribution in [0.3, 0.4) is 0 Å². The highest BCUT2D eigenvalue weighted by Gasteiger charge is 2.43. The summed E-state index contributed by atoms with van der Waals surface area (Å²) in [6.45, 7) is 5.01. The van der Waals surface area contributed by atoms with E-state index in [2.05, 4.69) is 15.3 Å². The Morgan fingerprint density at radius 2 is 1.96 bits per heavy atom. The van der Waals surface area contributed by atoms with E-state index >= 15 is 0 Å². The van der Waals surface area contributed by atoms with Crippen LogP contribution in [0.2, 0.25) is 0 Å². The van der Waals surface area contributed by atoms with Crippen molar-refractivity contribution in [2.24, 2.45) is 5.11 Å². The van der Waals surface area contributed by atoms with Crippen LogP contribution in [0, 0.1) is 0 Å². The van der Waals surface area contributed by atoms with Crippen molar-refractivity contribution in [2.75, 3.05) is 19.7 Å². The Bertz CT molecular complexity index is 464. The average molecular weight is 348 g/mol. The monoisotopic (exact) mass is 348 g/mol. The minimum Gasteiger partial charge on any atom is -0.444 e. The predicted molar refractivity (Wildman–Crippen MR) is 80.9 cm³/mol. The van der Waals surface area contributed by atoms with Gasteiger partial charge < -0.3 is 34.8 Å². The lowest BCUT2D eigenvalue weighted by molar-refractivity contribution is -0.293. The van der Waals surface area contributed by atoms with Crippen LogP contribution < -0.4 is 5.32 Å². The molecule has 1 amide bonds. The van der Waals surface area contributed by atoms with E-state index in [0.717, 1.165) is 0 Å². The highest BCUT2D eigenvalue weighted by atomic mass is 16.7. The number of carbonyl (C=O) groups is 1. The molecule has 1 saturated heterocycles. The standard InChI is InChI=1S/C13H24N4O7/c1-13(2,3)24-12(21)15-4-5-22-11-10(20)9(19)8(18)7(23-11)6-16-17-14/h7-11,18-20H,4-6H2,1-3H3,(H,15,21)/t7-,8-,9+,10+,11+/m1/s1. The maximum atomic E-state index is 11.5. The van der Waals surface area contributed by atoms with Gasteiger partial charge in [0.1, 0.15) is 23.9 Å². The van der Waals surface area contributed by atoms with Gasteiger partial charge in [-0.3, -0.25) is 0 Å². The lowest BCUT2D eigenvalue weighted by atomic mass is 9.99. The Balaban J connectivity index is 2.42. The van der Waals surface area contributed by atoms with Crippen molar-refractivity contribution >= 4 is 6.09 Å². The number of aliphatic hydroxyl groups is 3. The Morgan fingerprint density at radius 1 is 1.29 bits per heavy atom. The molecule has 11 nitrogen and oxygen atoms in total. The number of nitrogens with zero attached hydrogens (tertiary/aromatic N) is 3. The van der Waals surface area contributed by atoms with Crippen LogP contribution in [0.25, 0.3) is 10.4 Å². The number of nitrogens with one attached hydrogen (secondary N) is 1. The van der Waals surface area contributed by atoms with Gasteiger partial charge in [-0.2, -0.15) is 0 Å². The normalized spacial score (nSPS) is 30.3. The number of hydrogen-bond donors (Lipinski definition) is 4. The molecule has 1 rings (SSSR count). The fourth-order valence-electron chi connectivity index (χ4n) is 1.96. The number of rotatable bonds is 6. The molecule has 1 aliphatic heterocycles. The van der Waals surface area contributed by atoms with Crippen LogP contribution in [-0.2, 0) is 14.2 Å². The number of hydrogen-bond acceptors (Lipinski definition) is 8. The topological polar surface area (TPSA) is 166 Å². The zero-order valence-corrected chi connectivity index (χ0v) is 13.8. The zero-order chi connectivity index (χ0) is 18.3. The average Bonchev–Trinajstić information content (AvgIpc) is 2.48. The van der Waals surface area contributed by atoms with E-state index in [9.17, 15) is 20.1 Å². The molecule has 0 aromatic heterocycles. The molecule has 24 heavy (non-hydrogen) atoms. The van der Waals surface area contributed by atoms with Crippen LogP contribution in [0.5, 0.6) is 0 Å². The van der Waals surface area contributed by atoms with Crippen LogP contribution in [0.1, 0.15) is 20.8 Å². The number of alkyl carbamates (subject to hydrolysis) is 1. The minimum absolute atomic E-state index is 0.0297. The van der Waals surface area contributed by atoms with E-state index in [1.165, 1.54) is 0 Å². The van der Waals surface area contributed by atoms with E-state index < -0.39 is 42.4 Å². The number of azide groups is 1. The zero-order valence-electron chi connectivity index (χ0n) is 13.8. The third-order valence-corrected chi connectivity index (χ3v) is 3.05. The van der Waals surface area contributed by atoms with Gasteiger partial charge in [0.05, 0.1) is 19.3 Å². The van der Waals surface area contributed by atoms with Crippen molar-refractivity contribution in [3.63, 3.8) is 0 Å². The van der Waals surface area contributed by atoms with Crippen molar-refractivity contribution in [2.45, 2.75) is 57.1 Å². The van der Waals surface area contributed by atoms with E-state index in [1.807, 2.05) is 0 Å². The lowest BCUT2D eigenvalue weighted by Gasteiger charge is -2.39. The Morgan fingerprint density at radius 3 is 2.54 bits per heavy atom. The van der Waals surface area contributed by atoms with E-state index in [0.29, 0.717) is 0 Å². The Kier molecular flexibility index (Phi) is 7.67. The molecule has 5 atom stereocenters. The smallest absolute Gasteiger partial charge is 0.407 e. The van der Waals surface area contributed by atoms with Gasteiger partial charge in [0.15, 0.2) is 6.29 Å². The SMILES string of the molecule is CC(C)(C)OC(=O)NCCO[C@H]1O[C@H](CN=[N+]=[N-])[C@@H](O)[C@H](O)[C@@H]1O. The highest BCUT2D eigenvalue weighted by Crippen LogP contribution is 2.22. The number of ether oxygens (including phenoxy) is 3. The lowest BCUT2D eigenvalue weighted by Crippen LogP contribution is -2.59. The first-order valence-electron chi connectivity index (χ1n) is 7.44. The van der Waals surface area contributed by atoms with Crippen LogP contribution in [0.15, 0.2) is 5.11 Å². The molecular formula is C13H24N4O7. The summed E-state index contributed by atoms with van der Waals surface area (Å²) in [5.74, 6) is 0. The first-order chi connectivity index (χ1) is 11.2. The van der Waals surface area contributed by atoms with Gasteiger partial charge in [-0.1, -0.05) is 5.11 Å². The molecule has 11 heteroatoms. The van der Waals surface area contributed by atoms with Crippen LogP contribution in [-0.4, -0.2) is 77.4 Å². The molecule has 138 valence electrons. The van der Waals surface area contributed by atoms with Gasteiger partial charge in [-0.05, 0) is 26.3 Å². The Hall–Kier alpha value is -1.62. The van der Waals surface area contributed by atoms with Gasteiger partial charge in [0.2, 0.25) is 0 Å². The summed E-state index contributed by atoms with van der Waals surface area (Å²) in [5.41, 5.74) is 7.68. The molecule has 0 bridgehead atoms. The van der Waals surface area contributed by atoms with Crippen molar-refractivity contribution in [1.82, 2.24) is 5.32 Å². The summed E-state index contributed by atoms with van der Waals surface area (Å²) in [6.07, 6.45) is -7.27. The summed E-state index contributed by atoms with van der Waals surface area (Å²) < 4.78 is 15.6. The molecule has 1 fully saturated rings. The maximum absolute atomic E-state index is 11.5. The van der Waals surface area contributed by atoms with E-state index in [4.69, 9.17) is 19.7 Å². The van der Waals surface area contributed by atoms with Gasteiger partial charge in [0.25, 0.3) is 0 Å². The summed E-state index contributed by atoms with van der Waals surface area (Å²) in [7, 11) is 0. The number of carbonyl (C=O) groups excluding carboxylic acids is 1. The highest BCUT2D eigenvalue weighted by molar-refractivity contribution is 5.67. The largest absolute Gasteiger partial charge is 0.444 e. The van der Waals surface area contributed by atoms with E-state index in [-0.39, 0.29) is 19.7 Å². The molecule has 1 heterocycles. The summed E-state index contributed by atoms with van der Waals surface area (Å²) in [4.78, 5) is 14.0. The van der Waals surface area contributed by atoms with Gasteiger partial charge in [-0.15, -0.1) is 0 Å². The quantitative estimate of drug-likeness (QED) is 0.220. The summed E-state index contributed by atoms with van der Waals surface area (Å²) in [5, 5.41) is 35.1. The maximum Gasteiger partial charge on any atom is 0.407 e. The van der Waals surface area contributed by atoms with Crippen LogP contribution >= 0.6 is 0 Å². The molecule has 1 aliphatic rings. The molecule has 0 saturated carbocycles. The molecule has 0 aliphatic carbocycles. The third-order valence-electron chi connectivity index (χ3n) is 3.05. The Labute approximate surface area is 139 Å². The van der Waals surface area contributed by atoms with Gasteiger partial charge in [0, 0.05) is 11.5 Å². The third kappa shape index (κ3) is 6.48. The minimum atomic E-state index is -1.51. The van der Waals surface area contributed by atoms with Gasteiger partial charge >= 0.3 is 6.09 Å². The molecule has 0 radical (unpaired) electrons. The van der Waals surface area contributed by atoms with Crippen LogP contribution in [0.4, 0.5) is 4.79 Å². The van der Waals surface area contributed by atoms with Crippen molar-refractivity contribution in [3.8, 4) is 0 Å². The number of amides is 1. The second-order valence-corrected chi connectivity index (χ2v) is 6.23. The summed E-state index contributed by atoms with van der Waals surface area (Å²) in [6, 6.07) is 0. The molecule has 4 N–H and O–H groups in total. The second kappa shape index (κ2) is 9.02. The predicted octanol–water partition coefficient (Wildman–Crippen LogP) is -0.354. The fourth-order valence-corrected chi connectivity index (χ4v) is 1.96. The van der Waals surface area contributed by atoms with E-state index in [1.54, 1.807) is 20.8 Å². The first kappa shape index (κ1) is 20.4. The van der Waals surface area contributed by atoms with Gasteiger partial charge in [-0.25, -0.2) is 4.79 Å². The summed E-state index contributed by atoms with van der Waals surface area (Å²) >= 11 is 0. The van der Waals surface area contributed by atoms with Crippen molar-refractivity contribution in [1.29, 1.82) is 0 Å². The first-order valence-corrected chi connectivity index (χ1v) is 7.44. The number of aliphatic hydroxyl groups excluding tert-OH is 3. The molecule has 0 unspecified atom stereocenters. The van der Waals surface area contributed by atoms with Crippen molar-refractivity contribution < 1.29 is 34.3 Å². The molecule has 0 spiro atoms. The van der Waals surface area contributed by atoms with Crippen molar-refractivity contribution in [3.05, 3.63) is 10.4 Å². The second-order valence-electron chi connectivity index (χ2n) is 6.23. The molecule has 0 aromatic carbocycles. The fraction of sp³-hybridized carbons (Fsp3) is 0.923.